The molecule has 1 aromatic heterocycles. The molecule has 8 heteroatoms. The van der Waals surface area contributed by atoms with Crippen LogP contribution < -0.4 is 5.46 Å². The average Bonchev–Trinajstić information content (AvgIpc) is 3.13. The smallest absolute Gasteiger partial charge is 0.399 e. The predicted molar refractivity (Wildman–Crippen MR) is 105 cm³/mol. The highest BCUT2D eigenvalue weighted by atomic mass is 35.5. The average molecular weight is 388 g/mol. The summed E-state index contributed by atoms with van der Waals surface area (Å²) in [5, 5.41) is 15.6. The topological polar surface area (TPSA) is 69.4 Å². The molecular weight excluding hydrogens is 364 g/mol. The highest BCUT2D eigenvalue weighted by Gasteiger charge is 2.51. The number of rotatable bonds is 4. The number of hydrogen-bond acceptors (Lipinski definition) is 5. The van der Waals surface area contributed by atoms with Crippen molar-refractivity contribution in [2.45, 2.75) is 58.0 Å². The number of nitrogens with zero attached hydrogens (tertiary/aromatic N) is 3. The van der Waals surface area contributed by atoms with Gasteiger partial charge in [0, 0.05) is 10.6 Å². The Morgan fingerprint density at radius 1 is 1.26 bits per heavy atom. The zero-order valence-electron chi connectivity index (χ0n) is 16.2. The van der Waals surface area contributed by atoms with Crippen molar-refractivity contribution in [1.82, 2.24) is 14.8 Å². The van der Waals surface area contributed by atoms with Crippen molar-refractivity contribution >= 4 is 24.2 Å². The van der Waals surface area contributed by atoms with Crippen LogP contribution in [-0.2, 0) is 21.5 Å². The summed E-state index contributed by atoms with van der Waals surface area (Å²) in [5.41, 5.74) is -1.09. The van der Waals surface area contributed by atoms with Crippen LogP contribution in [0, 0.1) is 11.8 Å². The van der Waals surface area contributed by atoms with Gasteiger partial charge in [-0.25, -0.2) is 9.67 Å². The Morgan fingerprint density at radius 3 is 2.44 bits per heavy atom. The molecule has 1 fully saturated rings. The zero-order chi connectivity index (χ0) is 19.9. The lowest BCUT2D eigenvalue weighted by molar-refractivity contribution is 0.00578. The summed E-state index contributed by atoms with van der Waals surface area (Å²) in [6, 6.07) is 5.35. The Balaban J connectivity index is 1.93. The Bertz CT molecular complexity index is 873. The first-order chi connectivity index (χ1) is 12.6. The first-order valence-corrected chi connectivity index (χ1v) is 9.10. The molecule has 3 rings (SSSR count). The van der Waals surface area contributed by atoms with Crippen molar-refractivity contribution in [3.63, 3.8) is 0 Å². The van der Waals surface area contributed by atoms with Crippen LogP contribution >= 0.6 is 11.6 Å². The van der Waals surface area contributed by atoms with Gasteiger partial charge in [-0.1, -0.05) is 29.7 Å². The molecule has 1 aliphatic heterocycles. The standard InChI is InChI=1S/C19H23BClN3O3/c1-6-9-19(25,11-24-13-22-12-23-24)15-8-7-14(10-16(15)21)20-26-17(2,3)18(4,5)27-20/h7-8,10,12-13,25H,11H2,1-5H3. The van der Waals surface area contributed by atoms with Gasteiger partial charge in [0.05, 0.1) is 17.7 Å². The van der Waals surface area contributed by atoms with Gasteiger partial charge in [0.25, 0.3) is 0 Å². The van der Waals surface area contributed by atoms with E-state index in [1.807, 2.05) is 33.8 Å². The number of aliphatic hydroxyl groups is 1. The maximum absolute atomic E-state index is 11.1. The number of hydrogen-bond donors (Lipinski definition) is 1. The van der Waals surface area contributed by atoms with E-state index in [9.17, 15) is 5.11 Å². The summed E-state index contributed by atoms with van der Waals surface area (Å²) in [6.07, 6.45) is 2.93. The fraction of sp³-hybridized carbons (Fsp3) is 0.474. The highest BCUT2D eigenvalue weighted by molar-refractivity contribution is 6.62. The zero-order valence-corrected chi connectivity index (χ0v) is 16.9. The third-order valence-corrected chi connectivity index (χ3v) is 5.47. The van der Waals surface area contributed by atoms with Gasteiger partial charge in [0.2, 0.25) is 0 Å². The molecule has 6 nitrogen and oxygen atoms in total. The van der Waals surface area contributed by atoms with Crippen molar-refractivity contribution in [1.29, 1.82) is 0 Å². The van der Waals surface area contributed by atoms with Gasteiger partial charge in [0.1, 0.15) is 12.7 Å². The fourth-order valence-electron chi connectivity index (χ4n) is 2.94. The largest absolute Gasteiger partial charge is 0.494 e. The fourth-order valence-corrected chi connectivity index (χ4v) is 3.29. The molecule has 0 spiro atoms. The van der Waals surface area contributed by atoms with E-state index < -0.39 is 23.9 Å². The Hall–Kier alpha value is -1.85. The first-order valence-electron chi connectivity index (χ1n) is 8.72. The normalized spacial score (nSPS) is 20.0. The van der Waals surface area contributed by atoms with Crippen LogP contribution in [-0.4, -0.2) is 38.2 Å². The lowest BCUT2D eigenvalue weighted by atomic mass is 9.78. The molecule has 1 saturated heterocycles. The van der Waals surface area contributed by atoms with Crippen molar-refractivity contribution in [2.24, 2.45) is 0 Å². The van der Waals surface area contributed by atoms with E-state index in [0.717, 1.165) is 5.46 Å². The molecule has 1 unspecified atom stereocenters. The monoisotopic (exact) mass is 387 g/mol. The van der Waals surface area contributed by atoms with Gasteiger partial charge in [0.15, 0.2) is 5.60 Å². The molecule has 0 radical (unpaired) electrons. The van der Waals surface area contributed by atoms with Gasteiger partial charge in [-0.15, -0.1) is 5.92 Å². The van der Waals surface area contributed by atoms with E-state index in [2.05, 4.69) is 21.9 Å². The molecule has 27 heavy (non-hydrogen) atoms. The number of halogens is 1. The second-order valence-electron chi connectivity index (χ2n) is 7.66. The van der Waals surface area contributed by atoms with Crippen molar-refractivity contribution < 1.29 is 14.4 Å². The van der Waals surface area contributed by atoms with E-state index in [1.165, 1.54) is 17.3 Å². The first kappa shape index (κ1) is 19.9. The van der Waals surface area contributed by atoms with Crippen LogP contribution in [0.5, 0.6) is 0 Å². The second kappa shape index (κ2) is 6.95. The predicted octanol–water partition coefficient (Wildman–Crippen LogP) is 2.14. The highest BCUT2D eigenvalue weighted by Crippen LogP contribution is 2.37. The Kier molecular flexibility index (Phi) is 5.13. The van der Waals surface area contributed by atoms with Gasteiger partial charge in [-0.2, -0.15) is 5.10 Å². The summed E-state index contributed by atoms with van der Waals surface area (Å²) < 4.78 is 13.7. The molecule has 0 aliphatic carbocycles. The minimum atomic E-state index is -1.49. The van der Waals surface area contributed by atoms with E-state index in [-0.39, 0.29) is 6.54 Å². The molecule has 1 N–H and O–H groups in total. The van der Waals surface area contributed by atoms with E-state index in [1.54, 1.807) is 19.1 Å². The lowest BCUT2D eigenvalue weighted by Crippen LogP contribution is -2.41. The second-order valence-corrected chi connectivity index (χ2v) is 8.06. The molecule has 1 aliphatic rings. The summed E-state index contributed by atoms with van der Waals surface area (Å²) in [6.45, 7) is 9.77. The van der Waals surface area contributed by atoms with E-state index in [0.29, 0.717) is 10.6 Å². The Labute approximate surface area is 165 Å². The SMILES string of the molecule is CC#CC(O)(Cn1cncn1)c1ccc(B2OC(C)(C)C(C)(C)O2)cc1Cl. The molecule has 1 aromatic carbocycles. The van der Waals surface area contributed by atoms with Crippen molar-refractivity contribution in [3.05, 3.63) is 41.4 Å². The van der Waals surface area contributed by atoms with Crippen molar-refractivity contribution in [3.8, 4) is 11.8 Å². The van der Waals surface area contributed by atoms with Crippen LogP contribution in [0.4, 0.5) is 0 Å². The van der Waals surface area contributed by atoms with Crippen LogP contribution in [0.3, 0.4) is 0 Å². The van der Waals surface area contributed by atoms with Crippen LogP contribution in [0.15, 0.2) is 30.9 Å². The van der Waals surface area contributed by atoms with Gasteiger partial charge in [-0.05, 0) is 46.1 Å². The van der Waals surface area contributed by atoms with Crippen LogP contribution in [0.2, 0.25) is 5.02 Å². The van der Waals surface area contributed by atoms with E-state index in [4.69, 9.17) is 20.9 Å². The lowest BCUT2D eigenvalue weighted by Gasteiger charge is -2.32. The summed E-state index contributed by atoms with van der Waals surface area (Å²) in [7, 11) is -0.526. The summed E-state index contributed by atoms with van der Waals surface area (Å²) in [4.78, 5) is 3.90. The van der Waals surface area contributed by atoms with Gasteiger partial charge in [-0.3, -0.25) is 0 Å². The van der Waals surface area contributed by atoms with E-state index >= 15 is 0 Å². The maximum Gasteiger partial charge on any atom is 0.494 e. The summed E-state index contributed by atoms with van der Waals surface area (Å²) in [5.74, 6) is 5.61. The third-order valence-electron chi connectivity index (χ3n) is 5.15. The molecular formula is C19H23BClN3O3. The molecule has 0 amide bonds. The van der Waals surface area contributed by atoms with Crippen molar-refractivity contribution in [2.75, 3.05) is 0 Å². The Morgan fingerprint density at radius 2 is 1.93 bits per heavy atom. The molecule has 142 valence electrons. The molecule has 2 aromatic rings. The van der Waals surface area contributed by atoms with Crippen LogP contribution in [0.25, 0.3) is 0 Å². The van der Waals surface area contributed by atoms with Crippen LogP contribution in [0.1, 0.15) is 40.2 Å². The minimum Gasteiger partial charge on any atom is -0.399 e. The summed E-state index contributed by atoms with van der Waals surface area (Å²) >= 11 is 6.53. The third kappa shape index (κ3) is 3.76. The van der Waals surface area contributed by atoms with Gasteiger partial charge < -0.3 is 14.4 Å². The minimum absolute atomic E-state index is 0.114. The maximum atomic E-state index is 11.1. The number of benzene rings is 1. The quantitative estimate of drug-likeness (QED) is 0.643. The molecule has 0 bridgehead atoms. The molecule has 0 saturated carbocycles. The van der Waals surface area contributed by atoms with Gasteiger partial charge >= 0.3 is 7.12 Å². The number of aromatic nitrogens is 3. The molecule has 2 heterocycles. The molecule has 1 atom stereocenters.